The second-order valence-electron chi connectivity index (χ2n) is 5.14. The third kappa shape index (κ3) is 3.45. The summed E-state index contributed by atoms with van der Waals surface area (Å²) in [5, 5.41) is 11.7. The molecule has 0 unspecified atom stereocenters. The lowest BCUT2D eigenvalue weighted by atomic mass is 10.1. The molecule has 1 amide bonds. The van der Waals surface area contributed by atoms with Gasteiger partial charge in [0.25, 0.3) is 5.91 Å². The van der Waals surface area contributed by atoms with Gasteiger partial charge in [-0.2, -0.15) is 0 Å². The van der Waals surface area contributed by atoms with Gasteiger partial charge in [0.1, 0.15) is 5.01 Å². The molecule has 1 N–H and O–H groups in total. The third-order valence-electron chi connectivity index (χ3n) is 3.45. The van der Waals surface area contributed by atoms with Crippen LogP contribution in [0.4, 0.5) is 0 Å². The highest BCUT2D eigenvalue weighted by Crippen LogP contribution is 2.22. The van der Waals surface area contributed by atoms with Gasteiger partial charge in [0.15, 0.2) is 0 Å². The molecule has 0 spiro atoms. The summed E-state index contributed by atoms with van der Waals surface area (Å²) in [6.45, 7) is 4.05. The highest BCUT2D eigenvalue weighted by molar-refractivity contribution is 7.11. The number of thiazole rings is 1. The zero-order valence-corrected chi connectivity index (χ0v) is 13.7. The van der Waals surface area contributed by atoms with Crippen LogP contribution < -0.4 is 5.32 Å². The first kappa shape index (κ1) is 15.4. The fourth-order valence-corrected chi connectivity index (χ4v) is 3.16. The lowest BCUT2D eigenvalue weighted by Crippen LogP contribution is -2.28. The Bertz CT molecular complexity index is 796. The highest BCUT2D eigenvalue weighted by atomic mass is 32.1. The average Bonchev–Trinajstić information content (AvgIpc) is 3.24. The molecule has 0 saturated carbocycles. The molecule has 0 saturated heterocycles. The summed E-state index contributed by atoms with van der Waals surface area (Å²) < 4.78 is 1.62. The van der Waals surface area contributed by atoms with Crippen molar-refractivity contribution in [3.63, 3.8) is 0 Å². The second-order valence-corrected chi connectivity index (χ2v) is 6.41. The molecule has 3 rings (SSSR count). The van der Waals surface area contributed by atoms with Crippen LogP contribution in [0.2, 0.25) is 0 Å². The molecule has 2 heterocycles. The van der Waals surface area contributed by atoms with Crippen LogP contribution in [-0.4, -0.2) is 25.9 Å². The standard InChI is InChI=1S/C16H17N5OS/c1-3-14(16-17-10-11(2)23-16)19-15(22)12-5-4-6-13(9-12)21-8-7-18-20-21/h4-10,14H,3H2,1-2H3,(H,19,22)/t14-/m1/s1. The molecule has 23 heavy (non-hydrogen) atoms. The molecule has 0 bridgehead atoms. The topological polar surface area (TPSA) is 72.7 Å². The van der Waals surface area contributed by atoms with Crippen molar-refractivity contribution in [3.8, 4) is 5.69 Å². The number of aromatic nitrogens is 4. The van der Waals surface area contributed by atoms with Crippen molar-refractivity contribution in [2.45, 2.75) is 26.3 Å². The van der Waals surface area contributed by atoms with Gasteiger partial charge < -0.3 is 5.32 Å². The van der Waals surface area contributed by atoms with Crippen LogP contribution in [0.1, 0.15) is 39.6 Å². The van der Waals surface area contributed by atoms with Gasteiger partial charge in [0.05, 0.1) is 24.1 Å². The summed E-state index contributed by atoms with van der Waals surface area (Å²) in [6.07, 6.45) is 5.97. The molecule has 3 aromatic rings. The zero-order valence-electron chi connectivity index (χ0n) is 12.9. The van der Waals surface area contributed by atoms with Crippen molar-refractivity contribution in [2.75, 3.05) is 0 Å². The van der Waals surface area contributed by atoms with Crippen molar-refractivity contribution in [1.82, 2.24) is 25.3 Å². The molecule has 7 heteroatoms. The third-order valence-corrected chi connectivity index (χ3v) is 4.47. The number of rotatable bonds is 5. The Labute approximate surface area is 138 Å². The maximum atomic E-state index is 12.5. The largest absolute Gasteiger partial charge is 0.343 e. The Morgan fingerprint density at radius 1 is 1.43 bits per heavy atom. The smallest absolute Gasteiger partial charge is 0.251 e. The minimum atomic E-state index is -0.119. The fourth-order valence-electron chi connectivity index (χ4n) is 2.25. The van der Waals surface area contributed by atoms with Gasteiger partial charge in [-0.05, 0) is 31.5 Å². The summed E-state index contributed by atoms with van der Waals surface area (Å²) in [4.78, 5) is 18.0. The van der Waals surface area contributed by atoms with Crippen molar-refractivity contribution in [1.29, 1.82) is 0 Å². The predicted octanol–water partition coefficient (Wildman–Crippen LogP) is 2.91. The number of benzene rings is 1. The van der Waals surface area contributed by atoms with Crippen LogP contribution in [-0.2, 0) is 0 Å². The fraction of sp³-hybridized carbons (Fsp3) is 0.250. The quantitative estimate of drug-likeness (QED) is 0.782. The number of amides is 1. The van der Waals surface area contributed by atoms with E-state index in [0.717, 1.165) is 22.0 Å². The normalized spacial score (nSPS) is 12.1. The first-order chi connectivity index (χ1) is 11.2. The van der Waals surface area contributed by atoms with E-state index in [1.54, 1.807) is 40.5 Å². The van der Waals surface area contributed by atoms with Crippen LogP contribution in [0.25, 0.3) is 5.69 Å². The van der Waals surface area contributed by atoms with E-state index >= 15 is 0 Å². The first-order valence-electron chi connectivity index (χ1n) is 7.37. The lowest BCUT2D eigenvalue weighted by Gasteiger charge is -2.14. The number of hydrogen-bond acceptors (Lipinski definition) is 5. The van der Waals surface area contributed by atoms with Crippen LogP contribution in [0, 0.1) is 6.92 Å². The average molecular weight is 327 g/mol. The highest BCUT2D eigenvalue weighted by Gasteiger charge is 2.17. The van der Waals surface area contributed by atoms with Crippen LogP contribution in [0.5, 0.6) is 0 Å². The molecule has 0 radical (unpaired) electrons. The minimum Gasteiger partial charge on any atom is -0.343 e. The Hall–Kier alpha value is -2.54. The first-order valence-corrected chi connectivity index (χ1v) is 8.19. The maximum Gasteiger partial charge on any atom is 0.251 e. The number of carbonyl (C=O) groups is 1. The van der Waals surface area contributed by atoms with Gasteiger partial charge in [-0.1, -0.05) is 18.2 Å². The van der Waals surface area contributed by atoms with Gasteiger partial charge >= 0.3 is 0 Å². The summed E-state index contributed by atoms with van der Waals surface area (Å²) in [7, 11) is 0. The molecular weight excluding hydrogens is 310 g/mol. The molecule has 1 aromatic carbocycles. The summed E-state index contributed by atoms with van der Waals surface area (Å²) >= 11 is 1.61. The van der Waals surface area contributed by atoms with Crippen LogP contribution >= 0.6 is 11.3 Å². The molecule has 0 aliphatic rings. The van der Waals surface area contributed by atoms with E-state index in [-0.39, 0.29) is 11.9 Å². The van der Waals surface area contributed by atoms with E-state index in [1.807, 2.05) is 32.2 Å². The van der Waals surface area contributed by atoms with Gasteiger partial charge in [-0.25, -0.2) is 9.67 Å². The minimum absolute atomic E-state index is 0.0729. The van der Waals surface area contributed by atoms with Crippen molar-refractivity contribution in [3.05, 3.63) is 58.3 Å². The molecule has 0 aliphatic carbocycles. The van der Waals surface area contributed by atoms with Crippen LogP contribution in [0.15, 0.2) is 42.9 Å². The van der Waals surface area contributed by atoms with E-state index in [4.69, 9.17) is 0 Å². The number of nitrogens with one attached hydrogen (secondary N) is 1. The molecular formula is C16H17N5OS. The summed E-state index contributed by atoms with van der Waals surface area (Å²) in [6, 6.07) is 7.23. The number of aryl methyl sites for hydroxylation is 1. The lowest BCUT2D eigenvalue weighted by molar-refractivity contribution is 0.0935. The molecule has 2 aromatic heterocycles. The number of carbonyl (C=O) groups excluding carboxylic acids is 1. The predicted molar refractivity (Wildman–Crippen MR) is 88.7 cm³/mol. The van der Waals surface area contributed by atoms with Crippen molar-refractivity contribution < 1.29 is 4.79 Å². The van der Waals surface area contributed by atoms with E-state index in [9.17, 15) is 4.79 Å². The Balaban J connectivity index is 1.79. The monoisotopic (exact) mass is 327 g/mol. The summed E-state index contributed by atoms with van der Waals surface area (Å²) in [5.74, 6) is -0.119. The van der Waals surface area contributed by atoms with E-state index in [0.29, 0.717) is 5.56 Å². The molecule has 6 nitrogen and oxygen atoms in total. The molecule has 0 fully saturated rings. The van der Waals surface area contributed by atoms with Gasteiger partial charge in [-0.15, -0.1) is 16.4 Å². The molecule has 0 aliphatic heterocycles. The zero-order chi connectivity index (χ0) is 16.2. The van der Waals surface area contributed by atoms with Crippen molar-refractivity contribution >= 4 is 17.2 Å². The maximum absolute atomic E-state index is 12.5. The second kappa shape index (κ2) is 6.70. The van der Waals surface area contributed by atoms with Crippen LogP contribution in [0.3, 0.4) is 0 Å². The van der Waals surface area contributed by atoms with Crippen molar-refractivity contribution in [2.24, 2.45) is 0 Å². The Kier molecular flexibility index (Phi) is 4.47. The molecule has 1 atom stereocenters. The van der Waals surface area contributed by atoms with Gasteiger partial charge in [-0.3, -0.25) is 4.79 Å². The number of hydrogen-bond donors (Lipinski definition) is 1. The van der Waals surface area contributed by atoms with Gasteiger partial charge in [0.2, 0.25) is 0 Å². The molecule has 118 valence electrons. The number of nitrogens with zero attached hydrogens (tertiary/aromatic N) is 4. The van der Waals surface area contributed by atoms with E-state index in [1.165, 1.54) is 0 Å². The Morgan fingerprint density at radius 2 is 2.30 bits per heavy atom. The SMILES string of the molecule is CC[C@@H](NC(=O)c1cccc(-n2ccnn2)c1)c1ncc(C)s1. The van der Waals surface area contributed by atoms with Gasteiger partial charge in [0, 0.05) is 16.6 Å². The van der Waals surface area contributed by atoms with E-state index < -0.39 is 0 Å². The Morgan fingerprint density at radius 3 is 2.96 bits per heavy atom. The van der Waals surface area contributed by atoms with E-state index in [2.05, 4.69) is 20.6 Å². The summed E-state index contributed by atoms with van der Waals surface area (Å²) in [5.41, 5.74) is 1.39.